The molecule has 0 spiro atoms. The van der Waals surface area contributed by atoms with Crippen LogP contribution >= 0.6 is 12.4 Å². The number of carbonyl (C=O) groups is 1. The Bertz CT molecular complexity index is 511. The van der Waals surface area contributed by atoms with Crippen LogP contribution in [0, 0.1) is 5.92 Å². The highest BCUT2D eigenvalue weighted by Crippen LogP contribution is 2.30. The monoisotopic (exact) mass is 338 g/mol. The second kappa shape index (κ2) is 7.69. The van der Waals surface area contributed by atoms with Crippen LogP contribution in [0.2, 0.25) is 0 Å². The molecule has 4 nitrogen and oxygen atoms in total. The van der Waals surface area contributed by atoms with E-state index in [-0.39, 0.29) is 36.0 Å². The molecule has 124 valence electrons. The average molecular weight is 339 g/mol. The zero-order valence-electron chi connectivity index (χ0n) is 11.9. The van der Waals surface area contributed by atoms with Crippen LogP contribution in [0.4, 0.5) is 18.9 Å². The molecule has 1 saturated heterocycles. The Labute approximate surface area is 132 Å². The van der Waals surface area contributed by atoms with Gasteiger partial charge in [0.15, 0.2) is 5.75 Å². The number of amides is 1. The standard InChI is InChI=1S/C14H17F3N2O2.ClH/c1-9-8-10(6-7-18-9)13(20)19-11-4-2-3-5-12(11)21-14(15,16)17;/h2-5,9-10,18H,6-8H2,1H3,(H,19,20);1H/t9-,10-;/m0./s1. The summed E-state index contributed by atoms with van der Waals surface area (Å²) in [4.78, 5) is 12.2. The Morgan fingerprint density at radius 2 is 2.05 bits per heavy atom. The van der Waals surface area contributed by atoms with E-state index in [2.05, 4.69) is 15.4 Å². The Hall–Kier alpha value is -1.47. The summed E-state index contributed by atoms with van der Waals surface area (Å²) in [6.45, 7) is 2.69. The van der Waals surface area contributed by atoms with Crippen LogP contribution in [-0.2, 0) is 4.79 Å². The van der Waals surface area contributed by atoms with Gasteiger partial charge in [0.2, 0.25) is 5.91 Å². The summed E-state index contributed by atoms with van der Waals surface area (Å²) in [6.07, 6.45) is -3.46. The molecule has 0 bridgehead atoms. The number of para-hydroxylation sites is 2. The van der Waals surface area contributed by atoms with E-state index in [9.17, 15) is 18.0 Å². The molecule has 0 radical (unpaired) electrons. The smallest absolute Gasteiger partial charge is 0.404 e. The fourth-order valence-corrected chi connectivity index (χ4v) is 2.39. The molecule has 0 saturated carbocycles. The van der Waals surface area contributed by atoms with Crippen LogP contribution in [0.5, 0.6) is 5.75 Å². The zero-order valence-corrected chi connectivity index (χ0v) is 12.8. The Morgan fingerprint density at radius 3 is 2.68 bits per heavy atom. The highest BCUT2D eigenvalue weighted by Gasteiger charge is 2.32. The normalized spacial score (nSPS) is 21.6. The predicted molar refractivity (Wildman–Crippen MR) is 79.2 cm³/mol. The quantitative estimate of drug-likeness (QED) is 0.888. The number of alkyl halides is 3. The fourth-order valence-electron chi connectivity index (χ4n) is 2.39. The van der Waals surface area contributed by atoms with Crippen LogP contribution in [0.15, 0.2) is 24.3 Å². The molecule has 2 rings (SSSR count). The van der Waals surface area contributed by atoms with Gasteiger partial charge in [0.05, 0.1) is 5.69 Å². The Kier molecular flexibility index (Phi) is 6.49. The number of benzene rings is 1. The van der Waals surface area contributed by atoms with E-state index < -0.39 is 12.1 Å². The van der Waals surface area contributed by atoms with E-state index in [0.29, 0.717) is 12.8 Å². The molecule has 2 N–H and O–H groups in total. The molecule has 1 aromatic carbocycles. The Morgan fingerprint density at radius 1 is 1.36 bits per heavy atom. The van der Waals surface area contributed by atoms with Gasteiger partial charge in [0.1, 0.15) is 0 Å². The number of anilines is 1. The van der Waals surface area contributed by atoms with Crippen molar-refractivity contribution in [3.05, 3.63) is 24.3 Å². The summed E-state index contributed by atoms with van der Waals surface area (Å²) in [5.74, 6) is -0.887. The van der Waals surface area contributed by atoms with E-state index >= 15 is 0 Å². The lowest BCUT2D eigenvalue weighted by Gasteiger charge is -2.27. The molecule has 1 aliphatic heterocycles. The van der Waals surface area contributed by atoms with Crippen molar-refractivity contribution in [1.29, 1.82) is 0 Å². The maximum atomic E-state index is 12.3. The number of nitrogens with one attached hydrogen (secondary N) is 2. The molecule has 1 fully saturated rings. The van der Waals surface area contributed by atoms with Gasteiger partial charge in [-0.05, 0) is 38.4 Å². The van der Waals surface area contributed by atoms with Crippen LogP contribution in [0.1, 0.15) is 19.8 Å². The fraction of sp³-hybridized carbons (Fsp3) is 0.500. The highest BCUT2D eigenvalue weighted by molar-refractivity contribution is 5.94. The van der Waals surface area contributed by atoms with Crippen molar-refractivity contribution in [3.8, 4) is 5.75 Å². The van der Waals surface area contributed by atoms with Gasteiger partial charge >= 0.3 is 6.36 Å². The van der Waals surface area contributed by atoms with Gasteiger partial charge in [0, 0.05) is 12.0 Å². The van der Waals surface area contributed by atoms with E-state index in [4.69, 9.17) is 0 Å². The zero-order chi connectivity index (χ0) is 15.5. The number of ether oxygens (including phenoxy) is 1. The number of hydrogen-bond donors (Lipinski definition) is 2. The van der Waals surface area contributed by atoms with Crippen molar-refractivity contribution in [2.45, 2.75) is 32.2 Å². The third kappa shape index (κ3) is 5.38. The first kappa shape index (κ1) is 18.6. The molecule has 2 atom stereocenters. The van der Waals surface area contributed by atoms with Gasteiger partial charge in [-0.3, -0.25) is 4.79 Å². The van der Waals surface area contributed by atoms with Gasteiger partial charge in [-0.25, -0.2) is 0 Å². The number of rotatable bonds is 3. The third-order valence-corrected chi connectivity index (χ3v) is 3.37. The van der Waals surface area contributed by atoms with Crippen molar-refractivity contribution < 1.29 is 22.7 Å². The summed E-state index contributed by atoms with van der Waals surface area (Å²) in [7, 11) is 0. The van der Waals surface area contributed by atoms with Crippen molar-refractivity contribution in [1.82, 2.24) is 5.32 Å². The molecule has 1 aliphatic rings. The summed E-state index contributed by atoms with van der Waals surface area (Å²) < 4.78 is 40.9. The molecule has 22 heavy (non-hydrogen) atoms. The lowest BCUT2D eigenvalue weighted by Crippen LogP contribution is -2.40. The first-order chi connectivity index (χ1) is 9.85. The average Bonchev–Trinajstić information content (AvgIpc) is 2.39. The summed E-state index contributed by atoms with van der Waals surface area (Å²) in [5.41, 5.74) is 0.0333. The molecule has 0 aliphatic carbocycles. The van der Waals surface area contributed by atoms with Crippen LogP contribution in [-0.4, -0.2) is 24.9 Å². The van der Waals surface area contributed by atoms with Crippen LogP contribution < -0.4 is 15.4 Å². The van der Waals surface area contributed by atoms with Crippen molar-refractivity contribution in [2.75, 3.05) is 11.9 Å². The molecule has 8 heteroatoms. The molecule has 1 amide bonds. The minimum absolute atomic E-state index is 0. The summed E-state index contributed by atoms with van der Waals surface area (Å²) in [6, 6.07) is 5.75. The largest absolute Gasteiger partial charge is 0.573 e. The number of halogens is 4. The summed E-state index contributed by atoms with van der Waals surface area (Å²) >= 11 is 0. The third-order valence-electron chi connectivity index (χ3n) is 3.37. The van der Waals surface area contributed by atoms with Gasteiger partial charge in [-0.15, -0.1) is 25.6 Å². The second-order valence-electron chi connectivity index (χ2n) is 5.11. The van der Waals surface area contributed by atoms with E-state index in [1.54, 1.807) is 6.07 Å². The minimum atomic E-state index is -4.79. The van der Waals surface area contributed by atoms with Gasteiger partial charge < -0.3 is 15.4 Å². The van der Waals surface area contributed by atoms with Gasteiger partial charge in [-0.2, -0.15) is 0 Å². The molecule has 1 aromatic rings. The van der Waals surface area contributed by atoms with Crippen LogP contribution in [0.25, 0.3) is 0 Å². The lowest BCUT2D eigenvalue weighted by molar-refractivity contribution is -0.274. The van der Waals surface area contributed by atoms with Crippen molar-refractivity contribution in [3.63, 3.8) is 0 Å². The second-order valence-corrected chi connectivity index (χ2v) is 5.11. The van der Waals surface area contributed by atoms with Crippen LogP contribution in [0.3, 0.4) is 0 Å². The van der Waals surface area contributed by atoms with E-state index in [1.807, 2.05) is 6.92 Å². The van der Waals surface area contributed by atoms with Gasteiger partial charge in [-0.1, -0.05) is 12.1 Å². The number of piperidine rings is 1. The number of carbonyl (C=O) groups excluding carboxylic acids is 1. The SMILES string of the molecule is C[C@H]1C[C@@H](C(=O)Nc2ccccc2OC(F)(F)F)CCN1.Cl. The Balaban J connectivity index is 0.00000242. The molecule has 1 heterocycles. The topological polar surface area (TPSA) is 50.4 Å². The molecular weight excluding hydrogens is 321 g/mol. The maximum Gasteiger partial charge on any atom is 0.573 e. The maximum absolute atomic E-state index is 12.3. The minimum Gasteiger partial charge on any atom is -0.404 e. The van der Waals surface area contributed by atoms with Crippen molar-refractivity contribution >= 4 is 24.0 Å². The van der Waals surface area contributed by atoms with Gasteiger partial charge in [0.25, 0.3) is 0 Å². The highest BCUT2D eigenvalue weighted by atomic mass is 35.5. The molecular formula is C14H18ClF3N2O2. The van der Waals surface area contributed by atoms with E-state index in [0.717, 1.165) is 6.54 Å². The van der Waals surface area contributed by atoms with E-state index in [1.165, 1.54) is 18.2 Å². The molecule has 0 aromatic heterocycles. The first-order valence-electron chi connectivity index (χ1n) is 6.74. The molecule has 0 unspecified atom stereocenters. The lowest BCUT2D eigenvalue weighted by atomic mass is 9.92. The predicted octanol–water partition coefficient (Wildman–Crippen LogP) is 3.33. The first-order valence-corrected chi connectivity index (χ1v) is 6.74. The summed E-state index contributed by atoms with van der Waals surface area (Å²) in [5, 5.41) is 5.75. The van der Waals surface area contributed by atoms with Crippen molar-refractivity contribution in [2.24, 2.45) is 5.92 Å². The number of hydrogen-bond acceptors (Lipinski definition) is 3.